The van der Waals surface area contributed by atoms with Crippen LogP contribution < -0.4 is 10.0 Å². The van der Waals surface area contributed by atoms with Crippen molar-refractivity contribution in [3.8, 4) is 0 Å². The fourth-order valence-corrected chi connectivity index (χ4v) is 2.81. The molecule has 0 aliphatic heterocycles. The van der Waals surface area contributed by atoms with Crippen LogP contribution in [0.2, 0.25) is 0 Å². The molecule has 0 spiro atoms. The number of alkyl halides is 3. The van der Waals surface area contributed by atoms with E-state index in [2.05, 4.69) is 15.1 Å². The van der Waals surface area contributed by atoms with Crippen LogP contribution in [0.25, 0.3) is 0 Å². The largest absolute Gasteiger partial charge is 0.441 e. The van der Waals surface area contributed by atoms with Crippen LogP contribution in [0.1, 0.15) is 0 Å². The van der Waals surface area contributed by atoms with Gasteiger partial charge in [-0.05, 0) is 18.8 Å². The Hall–Kier alpha value is -0.780. The minimum Gasteiger partial charge on any atom is -0.318 e. The van der Waals surface area contributed by atoms with Crippen molar-refractivity contribution in [2.24, 2.45) is 0 Å². The molecule has 0 fully saturated rings. The van der Waals surface area contributed by atoms with Gasteiger partial charge < -0.3 is 5.32 Å². The highest BCUT2D eigenvalue weighted by Gasteiger charge is 2.27. The normalized spacial score (nSPS) is 12.8. The Morgan fingerprint density at radius 3 is 2.70 bits per heavy atom. The van der Waals surface area contributed by atoms with Crippen molar-refractivity contribution in [3.05, 3.63) is 12.4 Å². The number of halogens is 3. The first-order valence-corrected chi connectivity index (χ1v) is 8.09. The number of hydrogen-bond acceptors (Lipinski definition) is 5. The lowest BCUT2D eigenvalue weighted by Gasteiger charge is -2.06. The van der Waals surface area contributed by atoms with E-state index >= 15 is 0 Å². The van der Waals surface area contributed by atoms with Gasteiger partial charge >= 0.3 is 5.51 Å². The minimum absolute atomic E-state index is 0.0642. The molecule has 0 radical (unpaired) electrons. The second kappa shape index (κ2) is 7.29. The summed E-state index contributed by atoms with van der Waals surface area (Å²) in [5.41, 5.74) is -4.36. The average molecular weight is 332 g/mol. The Morgan fingerprint density at radius 2 is 2.10 bits per heavy atom. The molecule has 2 N–H and O–H groups in total. The predicted octanol–water partition coefficient (Wildman–Crippen LogP) is 0.634. The van der Waals surface area contributed by atoms with Crippen molar-refractivity contribution in [2.45, 2.75) is 16.9 Å². The number of sulfonamides is 1. The van der Waals surface area contributed by atoms with Crippen LogP contribution >= 0.6 is 11.8 Å². The van der Waals surface area contributed by atoms with E-state index in [9.17, 15) is 21.6 Å². The van der Waals surface area contributed by atoms with Crippen molar-refractivity contribution >= 4 is 21.8 Å². The molecule has 0 bridgehead atoms. The van der Waals surface area contributed by atoms with Gasteiger partial charge in [-0.1, -0.05) is 0 Å². The summed E-state index contributed by atoms with van der Waals surface area (Å²) in [5, 5.41) is 6.74. The first-order chi connectivity index (χ1) is 9.24. The Kier molecular flexibility index (Phi) is 6.30. The molecule has 1 rings (SSSR count). The SMILES string of the molecule is CNCCn1cc(S(=O)(=O)NCCSC(F)(F)F)cn1. The number of nitrogens with zero attached hydrogens (tertiary/aromatic N) is 2. The maximum atomic E-state index is 11.9. The van der Waals surface area contributed by atoms with Crippen LogP contribution in [0.4, 0.5) is 13.2 Å². The highest BCUT2D eigenvalue weighted by Crippen LogP contribution is 2.29. The zero-order chi connectivity index (χ0) is 15.2. The lowest BCUT2D eigenvalue weighted by atomic mass is 10.6. The molecule has 0 saturated heterocycles. The van der Waals surface area contributed by atoms with Gasteiger partial charge in [0.2, 0.25) is 10.0 Å². The third-order valence-corrected chi connectivity index (χ3v) is 4.32. The molecule has 11 heteroatoms. The van der Waals surface area contributed by atoms with Gasteiger partial charge in [0.05, 0.1) is 12.7 Å². The molecule has 0 atom stereocenters. The van der Waals surface area contributed by atoms with E-state index in [1.807, 2.05) is 0 Å². The highest BCUT2D eigenvalue weighted by molar-refractivity contribution is 8.00. The van der Waals surface area contributed by atoms with Gasteiger partial charge in [-0.3, -0.25) is 4.68 Å². The highest BCUT2D eigenvalue weighted by atomic mass is 32.2. The maximum absolute atomic E-state index is 11.9. The van der Waals surface area contributed by atoms with Gasteiger partial charge in [0, 0.05) is 25.0 Å². The van der Waals surface area contributed by atoms with Gasteiger partial charge in [-0.25, -0.2) is 13.1 Å². The molecule has 0 amide bonds. The van der Waals surface area contributed by atoms with Crippen molar-refractivity contribution in [1.29, 1.82) is 0 Å². The Balaban J connectivity index is 2.49. The van der Waals surface area contributed by atoms with Crippen LogP contribution in [-0.2, 0) is 16.6 Å². The second-order valence-electron chi connectivity index (χ2n) is 3.73. The molecule has 20 heavy (non-hydrogen) atoms. The topological polar surface area (TPSA) is 76.0 Å². The second-order valence-corrected chi connectivity index (χ2v) is 6.66. The number of hydrogen-bond donors (Lipinski definition) is 2. The summed E-state index contributed by atoms with van der Waals surface area (Å²) in [5.74, 6) is -0.378. The average Bonchev–Trinajstić information content (AvgIpc) is 2.80. The number of aromatic nitrogens is 2. The first-order valence-electron chi connectivity index (χ1n) is 5.62. The maximum Gasteiger partial charge on any atom is 0.441 e. The van der Waals surface area contributed by atoms with E-state index in [1.165, 1.54) is 10.9 Å². The smallest absolute Gasteiger partial charge is 0.318 e. The number of likely N-dealkylation sites (N-methyl/N-ethyl adjacent to an activating group) is 1. The molecular formula is C9H15F3N4O2S2. The third-order valence-electron chi connectivity index (χ3n) is 2.17. The standard InChI is InChI=1S/C9H15F3N4O2S2/c1-13-2-4-16-7-8(6-14-16)20(17,18)15-3-5-19-9(10,11)12/h6-7,13,15H,2-5H2,1H3. The number of thioether (sulfide) groups is 1. The molecule has 116 valence electrons. The van der Waals surface area contributed by atoms with Crippen LogP contribution in [0, 0.1) is 0 Å². The quantitative estimate of drug-likeness (QED) is 0.683. The van der Waals surface area contributed by atoms with E-state index < -0.39 is 15.5 Å². The Morgan fingerprint density at radius 1 is 1.40 bits per heavy atom. The molecule has 1 heterocycles. The monoisotopic (exact) mass is 332 g/mol. The lowest BCUT2D eigenvalue weighted by molar-refractivity contribution is -0.0327. The minimum atomic E-state index is -4.36. The van der Waals surface area contributed by atoms with Gasteiger partial charge in [0.25, 0.3) is 0 Å². The first kappa shape index (κ1) is 17.3. The molecule has 0 aliphatic rings. The Bertz CT molecular complexity index is 516. The summed E-state index contributed by atoms with van der Waals surface area (Å²) in [6.45, 7) is 0.820. The summed E-state index contributed by atoms with van der Waals surface area (Å²) in [6.07, 6.45) is 2.49. The fourth-order valence-electron chi connectivity index (χ4n) is 1.26. The van der Waals surface area contributed by atoms with Gasteiger partial charge in [0.15, 0.2) is 0 Å². The van der Waals surface area contributed by atoms with E-state index in [1.54, 1.807) is 7.05 Å². The molecule has 0 aromatic carbocycles. The van der Waals surface area contributed by atoms with Crippen molar-refractivity contribution in [3.63, 3.8) is 0 Å². The number of nitrogens with one attached hydrogen (secondary N) is 2. The van der Waals surface area contributed by atoms with E-state index in [0.717, 1.165) is 6.20 Å². The molecule has 0 aliphatic carbocycles. The molecule has 0 saturated carbocycles. The zero-order valence-corrected chi connectivity index (χ0v) is 12.3. The Labute approximate surface area is 119 Å². The summed E-state index contributed by atoms with van der Waals surface area (Å²) in [7, 11) is -2.07. The van der Waals surface area contributed by atoms with Gasteiger partial charge in [-0.15, -0.1) is 0 Å². The van der Waals surface area contributed by atoms with Gasteiger partial charge in [0.1, 0.15) is 4.90 Å². The van der Waals surface area contributed by atoms with Crippen molar-refractivity contribution in [1.82, 2.24) is 19.8 Å². The molecule has 0 unspecified atom stereocenters. The zero-order valence-electron chi connectivity index (χ0n) is 10.6. The van der Waals surface area contributed by atoms with Crippen LogP contribution in [0.5, 0.6) is 0 Å². The van der Waals surface area contributed by atoms with Gasteiger partial charge in [-0.2, -0.15) is 18.3 Å². The van der Waals surface area contributed by atoms with E-state index in [4.69, 9.17) is 0 Å². The van der Waals surface area contributed by atoms with Crippen molar-refractivity contribution < 1.29 is 21.6 Å². The lowest BCUT2D eigenvalue weighted by Crippen LogP contribution is -2.26. The molecule has 6 nitrogen and oxygen atoms in total. The number of rotatable bonds is 8. The van der Waals surface area contributed by atoms with Crippen LogP contribution in [-0.4, -0.2) is 49.6 Å². The summed E-state index contributed by atoms with van der Waals surface area (Å²) >= 11 is -0.270. The van der Waals surface area contributed by atoms with Crippen LogP contribution in [0.3, 0.4) is 0 Å². The van der Waals surface area contributed by atoms with Crippen LogP contribution in [0.15, 0.2) is 17.3 Å². The summed E-state index contributed by atoms with van der Waals surface area (Å²) in [4.78, 5) is -0.0642. The fraction of sp³-hybridized carbons (Fsp3) is 0.667. The van der Waals surface area contributed by atoms with E-state index in [-0.39, 0.29) is 29.0 Å². The summed E-state index contributed by atoms with van der Waals surface area (Å²) in [6, 6.07) is 0. The third kappa shape index (κ3) is 6.11. The summed E-state index contributed by atoms with van der Waals surface area (Å²) < 4.78 is 62.7. The van der Waals surface area contributed by atoms with Crippen molar-refractivity contribution in [2.75, 3.05) is 25.9 Å². The van der Waals surface area contributed by atoms with E-state index in [0.29, 0.717) is 13.1 Å². The molecule has 1 aromatic heterocycles. The molecule has 1 aromatic rings. The predicted molar refractivity (Wildman–Crippen MR) is 69.9 cm³/mol. The molecular weight excluding hydrogens is 317 g/mol.